The second-order valence-electron chi connectivity index (χ2n) is 5.51. The van der Waals surface area contributed by atoms with Gasteiger partial charge in [-0.1, -0.05) is 37.3 Å². The van der Waals surface area contributed by atoms with Gasteiger partial charge in [0.25, 0.3) is 0 Å². The van der Waals surface area contributed by atoms with Crippen LogP contribution in [-0.2, 0) is 10.2 Å². The normalized spacial score (nSPS) is 32.1. The Morgan fingerprint density at radius 3 is 2.67 bits per heavy atom. The van der Waals surface area contributed by atoms with Crippen LogP contribution in [0.1, 0.15) is 38.2 Å². The molecule has 1 fully saturated rings. The SMILES string of the molecule is C[C@]1(c2ccccc2)CC[C@H](O)C[C@@H]1CC(=O)O. The first-order valence-corrected chi connectivity index (χ1v) is 6.48. The summed E-state index contributed by atoms with van der Waals surface area (Å²) in [6.45, 7) is 2.13. The molecule has 0 spiro atoms. The summed E-state index contributed by atoms with van der Waals surface area (Å²) in [6.07, 6.45) is 1.95. The van der Waals surface area contributed by atoms with Crippen LogP contribution in [0, 0.1) is 5.92 Å². The van der Waals surface area contributed by atoms with Crippen molar-refractivity contribution >= 4 is 5.97 Å². The molecule has 0 bridgehead atoms. The fourth-order valence-corrected chi connectivity index (χ4v) is 3.10. The van der Waals surface area contributed by atoms with Gasteiger partial charge in [-0.25, -0.2) is 0 Å². The second kappa shape index (κ2) is 5.11. The van der Waals surface area contributed by atoms with Crippen molar-refractivity contribution in [2.75, 3.05) is 0 Å². The zero-order valence-electron chi connectivity index (χ0n) is 10.7. The number of aliphatic hydroxyl groups excluding tert-OH is 1. The van der Waals surface area contributed by atoms with Gasteiger partial charge in [-0.05, 0) is 36.2 Å². The van der Waals surface area contributed by atoms with Gasteiger partial charge in [-0.3, -0.25) is 4.79 Å². The molecule has 3 heteroatoms. The van der Waals surface area contributed by atoms with Crippen molar-refractivity contribution in [3.63, 3.8) is 0 Å². The Morgan fingerprint density at radius 1 is 1.39 bits per heavy atom. The van der Waals surface area contributed by atoms with E-state index in [1.807, 2.05) is 18.2 Å². The molecule has 0 unspecified atom stereocenters. The molecule has 0 radical (unpaired) electrons. The average molecular weight is 248 g/mol. The highest BCUT2D eigenvalue weighted by atomic mass is 16.4. The fourth-order valence-electron chi connectivity index (χ4n) is 3.10. The minimum atomic E-state index is -0.781. The average Bonchev–Trinajstić information content (AvgIpc) is 2.34. The molecular formula is C15H20O3. The van der Waals surface area contributed by atoms with E-state index in [2.05, 4.69) is 19.1 Å². The van der Waals surface area contributed by atoms with Crippen LogP contribution >= 0.6 is 0 Å². The molecule has 1 aliphatic rings. The summed E-state index contributed by atoms with van der Waals surface area (Å²) < 4.78 is 0. The Bertz CT molecular complexity index is 415. The number of rotatable bonds is 3. The van der Waals surface area contributed by atoms with E-state index in [0.29, 0.717) is 6.42 Å². The molecule has 3 atom stereocenters. The van der Waals surface area contributed by atoms with Gasteiger partial charge < -0.3 is 10.2 Å². The number of carbonyl (C=O) groups is 1. The maximum atomic E-state index is 11.0. The quantitative estimate of drug-likeness (QED) is 0.864. The number of benzene rings is 1. The Labute approximate surface area is 107 Å². The van der Waals surface area contributed by atoms with Crippen LogP contribution in [0.4, 0.5) is 0 Å². The van der Waals surface area contributed by atoms with Gasteiger partial charge in [0.1, 0.15) is 0 Å². The van der Waals surface area contributed by atoms with Gasteiger partial charge in [0.2, 0.25) is 0 Å². The van der Waals surface area contributed by atoms with E-state index in [9.17, 15) is 9.90 Å². The molecule has 98 valence electrons. The Kier molecular flexibility index (Phi) is 3.71. The van der Waals surface area contributed by atoms with E-state index in [1.54, 1.807) is 0 Å². The first-order chi connectivity index (χ1) is 8.52. The molecule has 1 saturated carbocycles. The van der Waals surface area contributed by atoms with Crippen molar-refractivity contribution in [1.82, 2.24) is 0 Å². The zero-order chi connectivity index (χ0) is 13.2. The lowest BCUT2D eigenvalue weighted by Gasteiger charge is -2.43. The van der Waals surface area contributed by atoms with Crippen LogP contribution in [-0.4, -0.2) is 22.3 Å². The highest BCUT2D eigenvalue weighted by Crippen LogP contribution is 2.45. The van der Waals surface area contributed by atoms with Crippen LogP contribution in [0.25, 0.3) is 0 Å². The van der Waals surface area contributed by atoms with E-state index >= 15 is 0 Å². The number of aliphatic carboxylic acids is 1. The topological polar surface area (TPSA) is 57.5 Å². The summed E-state index contributed by atoms with van der Waals surface area (Å²) in [7, 11) is 0. The van der Waals surface area contributed by atoms with Crippen LogP contribution in [0.5, 0.6) is 0 Å². The fraction of sp³-hybridized carbons (Fsp3) is 0.533. The largest absolute Gasteiger partial charge is 0.481 e. The molecule has 0 heterocycles. The van der Waals surface area contributed by atoms with Crippen molar-refractivity contribution in [3.8, 4) is 0 Å². The number of carboxylic acid groups (broad SMARTS) is 1. The maximum absolute atomic E-state index is 11.0. The summed E-state index contributed by atoms with van der Waals surface area (Å²) in [5.74, 6) is -0.780. The third-order valence-corrected chi connectivity index (χ3v) is 4.31. The minimum Gasteiger partial charge on any atom is -0.481 e. The van der Waals surface area contributed by atoms with Gasteiger partial charge in [0, 0.05) is 6.42 Å². The van der Waals surface area contributed by atoms with E-state index in [-0.39, 0.29) is 23.9 Å². The van der Waals surface area contributed by atoms with Crippen molar-refractivity contribution in [3.05, 3.63) is 35.9 Å². The molecule has 0 aliphatic heterocycles. The predicted molar refractivity (Wildman–Crippen MR) is 69.4 cm³/mol. The number of aliphatic hydroxyl groups is 1. The molecule has 0 amide bonds. The molecule has 2 rings (SSSR count). The Morgan fingerprint density at radius 2 is 2.06 bits per heavy atom. The number of hydrogen-bond donors (Lipinski definition) is 2. The minimum absolute atomic E-state index is 0.00106. The third kappa shape index (κ3) is 2.56. The van der Waals surface area contributed by atoms with E-state index in [1.165, 1.54) is 5.56 Å². The Balaban J connectivity index is 2.29. The standard InChI is InChI=1S/C15H20O3/c1-15(11-5-3-2-4-6-11)8-7-13(16)9-12(15)10-14(17)18/h2-6,12-13,16H,7-10H2,1H3,(H,17,18)/t12-,13+,15-/m1/s1. The smallest absolute Gasteiger partial charge is 0.303 e. The van der Waals surface area contributed by atoms with Crippen molar-refractivity contribution in [2.24, 2.45) is 5.92 Å². The summed E-state index contributed by atoms with van der Waals surface area (Å²) in [5, 5.41) is 18.8. The van der Waals surface area contributed by atoms with Crippen molar-refractivity contribution in [2.45, 2.75) is 44.1 Å². The summed E-state index contributed by atoms with van der Waals surface area (Å²) in [5.41, 5.74) is 1.04. The molecule has 0 aromatic heterocycles. The van der Waals surface area contributed by atoms with Crippen LogP contribution in [0.2, 0.25) is 0 Å². The van der Waals surface area contributed by atoms with Gasteiger partial charge in [-0.2, -0.15) is 0 Å². The van der Waals surface area contributed by atoms with Gasteiger partial charge in [0.15, 0.2) is 0 Å². The third-order valence-electron chi connectivity index (χ3n) is 4.31. The zero-order valence-corrected chi connectivity index (χ0v) is 10.7. The molecule has 18 heavy (non-hydrogen) atoms. The summed E-state index contributed by atoms with van der Waals surface area (Å²) in [4.78, 5) is 11.0. The molecule has 2 N–H and O–H groups in total. The van der Waals surface area contributed by atoms with E-state index in [0.717, 1.165) is 12.8 Å². The van der Waals surface area contributed by atoms with Gasteiger partial charge in [-0.15, -0.1) is 0 Å². The maximum Gasteiger partial charge on any atom is 0.303 e. The van der Waals surface area contributed by atoms with Crippen LogP contribution in [0.15, 0.2) is 30.3 Å². The lowest BCUT2D eigenvalue weighted by molar-refractivity contribution is -0.139. The highest BCUT2D eigenvalue weighted by Gasteiger charge is 2.41. The monoisotopic (exact) mass is 248 g/mol. The molecule has 1 aliphatic carbocycles. The second-order valence-corrected chi connectivity index (χ2v) is 5.51. The lowest BCUT2D eigenvalue weighted by Crippen LogP contribution is -2.40. The first kappa shape index (κ1) is 13.1. The highest BCUT2D eigenvalue weighted by molar-refractivity contribution is 5.67. The molecular weight excluding hydrogens is 228 g/mol. The lowest BCUT2D eigenvalue weighted by atomic mass is 9.62. The van der Waals surface area contributed by atoms with E-state index in [4.69, 9.17) is 5.11 Å². The Hall–Kier alpha value is -1.35. The van der Waals surface area contributed by atoms with Crippen LogP contribution < -0.4 is 0 Å². The summed E-state index contributed by atoms with van der Waals surface area (Å²) >= 11 is 0. The van der Waals surface area contributed by atoms with Crippen molar-refractivity contribution in [1.29, 1.82) is 0 Å². The number of carboxylic acids is 1. The molecule has 1 aromatic carbocycles. The number of hydrogen-bond acceptors (Lipinski definition) is 2. The predicted octanol–water partition coefficient (Wildman–Crippen LogP) is 2.58. The van der Waals surface area contributed by atoms with Gasteiger partial charge in [0.05, 0.1) is 6.10 Å². The van der Waals surface area contributed by atoms with Crippen molar-refractivity contribution < 1.29 is 15.0 Å². The molecule has 1 aromatic rings. The van der Waals surface area contributed by atoms with Crippen LogP contribution in [0.3, 0.4) is 0 Å². The molecule has 0 saturated heterocycles. The molecule has 3 nitrogen and oxygen atoms in total. The first-order valence-electron chi connectivity index (χ1n) is 6.48. The van der Waals surface area contributed by atoms with E-state index < -0.39 is 5.97 Å². The van der Waals surface area contributed by atoms with Gasteiger partial charge >= 0.3 is 5.97 Å². The summed E-state index contributed by atoms with van der Waals surface area (Å²) in [6, 6.07) is 10.1.